The first-order chi connectivity index (χ1) is 19.5. The summed E-state index contributed by atoms with van der Waals surface area (Å²) in [7, 11) is -3.18. The van der Waals surface area contributed by atoms with Crippen molar-refractivity contribution in [3.05, 3.63) is 65.5 Å². The Morgan fingerprint density at radius 1 is 0.881 bits per heavy atom. The van der Waals surface area contributed by atoms with Gasteiger partial charge in [-0.05, 0) is 67.5 Å². The van der Waals surface area contributed by atoms with Crippen LogP contribution in [0.2, 0.25) is 0 Å². The fourth-order valence-corrected chi connectivity index (χ4v) is 8.04. The van der Waals surface area contributed by atoms with Gasteiger partial charge in [0.05, 0.1) is 17.9 Å². The SMILES string of the molecule is COC(=O)C1CCC(C(=O)N2CC[C@](c3ccc(C(C(F)(F)F)C(F)(F)F)cc3)(S(=O)(=O)c3ccc(F)cc3)C2)CC1. The molecule has 0 N–H and O–H groups in total. The van der Waals surface area contributed by atoms with Crippen molar-refractivity contribution in [1.82, 2.24) is 4.90 Å². The van der Waals surface area contributed by atoms with E-state index in [2.05, 4.69) is 0 Å². The van der Waals surface area contributed by atoms with Crippen molar-refractivity contribution in [3.8, 4) is 0 Å². The highest BCUT2D eigenvalue weighted by Crippen LogP contribution is 2.48. The molecule has 1 saturated carbocycles. The van der Waals surface area contributed by atoms with Gasteiger partial charge in [0.25, 0.3) is 0 Å². The van der Waals surface area contributed by atoms with Crippen molar-refractivity contribution >= 4 is 21.7 Å². The van der Waals surface area contributed by atoms with Gasteiger partial charge in [-0.1, -0.05) is 24.3 Å². The second-order valence-electron chi connectivity index (χ2n) is 10.7. The first-order valence-corrected chi connectivity index (χ1v) is 14.6. The average molecular weight is 624 g/mol. The number of esters is 1. The number of carbonyl (C=O) groups excluding carboxylic acids is 2. The molecular weight excluding hydrogens is 595 g/mol. The number of hydrogen-bond acceptors (Lipinski definition) is 5. The zero-order valence-electron chi connectivity index (χ0n) is 22.3. The van der Waals surface area contributed by atoms with E-state index in [9.17, 15) is 48.7 Å². The van der Waals surface area contributed by atoms with Gasteiger partial charge in [-0.15, -0.1) is 0 Å². The predicted molar refractivity (Wildman–Crippen MR) is 135 cm³/mol. The second kappa shape index (κ2) is 11.5. The fourth-order valence-electron chi connectivity index (χ4n) is 5.96. The molecule has 0 bridgehead atoms. The first kappa shape index (κ1) is 31.8. The van der Waals surface area contributed by atoms with Crippen LogP contribution in [0.5, 0.6) is 0 Å². The van der Waals surface area contributed by atoms with Crippen LogP contribution in [-0.4, -0.2) is 57.7 Å². The van der Waals surface area contributed by atoms with Gasteiger partial charge in [-0.2, -0.15) is 26.3 Å². The van der Waals surface area contributed by atoms with E-state index in [0.717, 1.165) is 36.4 Å². The minimum Gasteiger partial charge on any atom is -0.469 e. The van der Waals surface area contributed by atoms with Gasteiger partial charge in [0.15, 0.2) is 15.8 Å². The van der Waals surface area contributed by atoms with Gasteiger partial charge in [-0.25, -0.2) is 12.8 Å². The van der Waals surface area contributed by atoms with Crippen LogP contribution in [0.25, 0.3) is 0 Å². The van der Waals surface area contributed by atoms with Gasteiger partial charge in [-0.3, -0.25) is 9.59 Å². The van der Waals surface area contributed by atoms with E-state index in [-0.39, 0.29) is 41.2 Å². The minimum absolute atomic E-state index is 0.0499. The monoisotopic (exact) mass is 623 g/mol. The first-order valence-electron chi connectivity index (χ1n) is 13.1. The topological polar surface area (TPSA) is 80.8 Å². The van der Waals surface area contributed by atoms with Crippen LogP contribution in [0, 0.1) is 17.7 Å². The van der Waals surface area contributed by atoms with Gasteiger partial charge in [0.1, 0.15) is 10.6 Å². The number of ether oxygens (including phenoxy) is 1. The summed E-state index contributed by atoms with van der Waals surface area (Å²) in [6.45, 7) is -0.463. The number of carbonyl (C=O) groups is 2. The lowest BCUT2D eigenvalue weighted by Gasteiger charge is -2.32. The molecule has 230 valence electrons. The molecule has 1 atom stereocenters. The van der Waals surface area contributed by atoms with Crippen molar-refractivity contribution in [3.63, 3.8) is 0 Å². The summed E-state index contributed by atoms with van der Waals surface area (Å²) in [4.78, 5) is 26.3. The van der Waals surface area contributed by atoms with E-state index in [1.165, 1.54) is 12.0 Å². The lowest BCUT2D eigenvalue weighted by Crippen LogP contribution is -2.43. The van der Waals surface area contributed by atoms with E-state index < -0.39 is 56.7 Å². The number of hydrogen-bond donors (Lipinski definition) is 0. The summed E-state index contributed by atoms with van der Waals surface area (Å²) >= 11 is 0. The molecule has 0 unspecified atom stereocenters. The lowest BCUT2D eigenvalue weighted by atomic mass is 9.81. The molecule has 0 spiro atoms. The van der Waals surface area contributed by atoms with Crippen molar-refractivity contribution in [2.24, 2.45) is 11.8 Å². The Morgan fingerprint density at radius 2 is 1.40 bits per heavy atom. The van der Waals surface area contributed by atoms with E-state index in [1.807, 2.05) is 0 Å². The van der Waals surface area contributed by atoms with Gasteiger partial charge in [0.2, 0.25) is 5.91 Å². The number of rotatable bonds is 6. The van der Waals surface area contributed by atoms with Crippen molar-refractivity contribution in [2.45, 2.75) is 60.0 Å². The maximum absolute atomic E-state index is 14.0. The zero-order chi connectivity index (χ0) is 31.1. The van der Waals surface area contributed by atoms with Gasteiger partial charge in [0, 0.05) is 19.0 Å². The van der Waals surface area contributed by atoms with Crippen LogP contribution < -0.4 is 0 Å². The summed E-state index contributed by atoms with van der Waals surface area (Å²) in [6, 6.07) is 6.89. The quantitative estimate of drug-likeness (QED) is 0.227. The van der Waals surface area contributed by atoms with E-state index in [4.69, 9.17) is 4.74 Å². The van der Waals surface area contributed by atoms with E-state index >= 15 is 0 Å². The minimum atomic E-state index is -5.64. The summed E-state index contributed by atoms with van der Waals surface area (Å²) in [5.74, 6) is -6.09. The molecule has 2 aromatic carbocycles. The molecule has 2 aromatic rings. The van der Waals surface area contributed by atoms with Crippen molar-refractivity contribution < 1.29 is 53.5 Å². The summed E-state index contributed by atoms with van der Waals surface area (Å²) < 4.78 is 124. The van der Waals surface area contributed by atoms with Crippen molar-refractivity contribution in [2.75, 3.05) is 20.2 Å². The average Bonchev–Trinajstić information content (AvgIpc) is 3.39. The largest absolute Gasteiger partial charge is 0.469 e. The molecule has 6 nitrogen and oxygen atoms in total. The highest BCUT2D eigenvalue weighted by molar-refractivity contribution is 7.92. The lowest BCUT2D eigenvalue weighted by molar-refractivity contribution is -0.253. The third-order valence-corrected chi connectivity index (χ3v) is 10.7. The number of methoxy groups -OCH3 is 1. The third-order valence-electron chi connectivity index (χ3n) is 8.22. The van der Waals surface area contributed by atoms with Crippen LogP contribution in [0.15, 0.2) is 53.4 Å². The maximum Gasteiger partial charge on any atom is 0.404 e. The molecule has 1 aliphatic carbocycles. The number of alkyl halides is 6. The molecule has 1 heterocycles. The predicted octanol–water partition coefficient (Wildman–Crippen LogP) is 5.91. The highest BCUT2D eigenvalue weighted by Gasteiger charge is 2.58. The molecule has 14 heteroatoms. The Bertz CT molecular complexity index is 1390. The standard InChI is InChI=1S/C28H28F7NO5S/c1-41-25(38)19-4-2-18(3-5-19)24(37)36-15-14-26(16-36,42(39,40)22-12-10-21(29)11-13-22)20-8-6-17(7-9-20)23(27(30,31)32)28(33,34)35/h6-13,18-19,23H,2-5,14-16H2,1H3/t18?,19?,26-/m0/s1. The number of amides is 1. The Hall–Kier alpha value is -3.16. The zero-order valence-corrected chi connectivity index (χ0v) is 23.2. The Balaban J connectivity index is 1.69. The molecule has 1 amide bonds. The summed E-state index contributed by atoms with van der Waals surface area (Å²) in [5.41, 5.74) is -1.20. The highest BCUT2D eigenvalue weighted by atomic mass is 32.2. The summed E-state index contributed by atoms with van der Waals surface area (Å²) in [6.07, 6.45) is -9.96. The number of halogens is 7. The Morgan fingerprint density at radius 3 is 1.90 bits per heavy atom. The third kappa shape index (κ3) is 6.00. The Labute approximate surface area is 237 Å². The molecule has 1 saturated heterocycles. The van der Waals surface area contributed by atoms with Crippen LogP contribution in [0.3, 0.4) is 0 Å². The normalized spacial score (nSPS) is 23.7. The molecule has 2 aliphatic rings. The van der Waals surface area contributed by atoms with E-state index in [1.54, 1.807) is 0 Å². The smallest absolute Gasteiger partial charge is 0.404 e. The second-order valence-corrected chi connectivity index (χ2v) is 12.9. The van der Waals surface area contributed by atoms with Crippen molar-refractivity contribution in [1.29, 1.82) is 0 Å². The van der Waals surface area contributed by atoms with Crippen LogP contribution in [-0.2, 0) is 28.9 Å². The Kier molecular flexibility index (Phi) is 8.69. The number of likely N-dealkylation sites (tertiary alicyclic amines) is 1. The number of benzene rings is 2. The molecule has 42 heavy (non-hydrogen) atoms. The van der Waals surface area contributed by atoms with Crippen LogP contribution >= 0.6 is 0 Å². The molecule has 2 fully saturated rings. The van der Waals surface area contributed by atoms with Gasteiger partial charge >= 0.3 is 18.3 Å². The molecular formula is C28H28F7NO5S. The molecule has 4 rings (SSSR count). The van der Waals surface area contributed by atoms with Crippen LogP contribution in [0.1, 0.15) is 49.1 Å². The van der Waals surface area contributed by atoms with E-state index in [0.29, 0.717) is 37.8 Å². The molecule has 0 radical (unpaired) electrons. The summed E-state index contributed by atoms with van der Waals surface area (Å²) in [5, 5.41) is 0. The van der Waals surface area contributed by atoms with Gasteiger partial charge < -0.3 is 9.64 Å². The molecule has 0 aromatic heterocycles. The fraction of sp³-hybridized carbons (Fsp3) is 0.500. The number of sulfone groups is 1. The maximum atomic E-state index is 14.0. The van der Waals surface area contributed by atoms with Crippen LogP contribution in [0.4, 0.5) is 30.7 Å². The molecule has 1 aliphatic heterocycles. The number of nitrogens with zero attached hydrogens (tertiary/aromatic N) is 1.